The number of nitrogens with zero attached hydrogens (tertiary/aromatic N) is 3. The molecule has 0 aliphatic carbocycles. The number of hydrogen-bond acceptors (Lipinski definition) is 4. The molecule has 6 nitrogen and oxygen atoms in total. The number of allylic oxidation sites excluding steroid dienone is 1. The number of nitriles is 1. The molecule has 3 rings (SSSR count). The Labute approximate surface area is 132 Å². The normalized spacial score (nSPS) is 11.3. The van der Waals surface area contributed by atoms with Gasteiger partial charge in [-0.25, -0.2) is 9.97 Å². The number of H-pyrrole nitrogens is 1. The van der Waals surface area contributed by atoms with Gasteiger partial charge in [-0.05, 0) is 6.42 Å². The van der Waals surface area contributed by atoms with Gasteiger partial charge in [0.05, 0.1) is 11.9 Å². The Kier molecular flexibility index (Phi) is 3.85. The van der Waals surface area contributed by atoms with Gasteiger partial charge in [0.15, 0.2) is 5.65 Å². The second-order valence-electron chi connectivity index (χ2n) is 4.93. The van der Waals surface area contributed by atoms with Crippen molar-refractivity contribution in [1.29, 1.82) is 5.26 Å². The van der Waals surface area contributed by atoms with Gasteiger partial charge in [-0.15, -0.1) is 0 Å². The molecule has 0 aliphatic rings. The maximum absolute atomic E-state index is 11.1. The van der Waals surface area contributed by atoms with Crippen molar-refractivity contribution in [1.82, 2.24) is 15.0 Å². The molecule has 6 heteroatoms. The molecule has 0 fully saturated rings. The van der Waals surface area contributed by atoms with Crippen LogP contribution in [-0.2, 0) is 11.2 Å². The summed E-state index contributed by atoms with van der Waals surface area (Å²) in [5.41, 5.74) is 9.02. The van der Waals surface area contributed by atoms with Crippen molar-refractivity contribution in [3.63, 3.8) is 0 Å². The Morgan fingerprint density at radius 1 is 1.35 bits per heavy atom. The first-order chi connectivity index (χ1) is 11.2. The molecule has 23 heavy (non-hydrogen) atoms. The van der Waals surface area contributed by atoms with Gasteiger partial charge < -0.3 is 10.7 Å². The third-order valence-electron chi connectivity index (χ3n) is 3.44. The highest BCUT2D eigenvalue weighted by atomic mass is 16.1. The standard InChI is InChI=1S/C17H13N5O/c18-8-12(16(19)23)6-7-13-9-20-17-15(13)22-14(10-21-17)11-4-2-1-3-5-11/h1-6,9-10H,7H2,(H2,19,23)(H,20,21). The summed E-state index contributed by atoms with van der Waals surface area (Å²) < 4.78 is 0. The Hall–Kier alpha value is -3.46. The summed E-state index contributed by atoms with van der Waals surface area (Å²) in [6.07, 6.45) is 5.35. The number of fused-ring (bicyclic) bond motifs is 1. The number of aromatic nitrogens is 3. The Morgan fingerprint density at radius 3 is 2.83 bits per heavy atom. The lowest BCUT2D eigenvalue weighted by Crippen LogP contribution is -2.12. The van der Waals surface area contributed by atoms with Crippen LogP contribution in [-0.4, -0.2) is 20.9 Å². The smallest absolute Gasteiger partial charge is 0.259 e. The average molecular weight is 303 g/mol. The first-order valence-corrected chi connectivity index (χ1v) is 6.97. The predicted molar refractivity (Wildman–Crippen MR) is 85.9 cm³/mol. The van der Waals surface area contributed by atoms with E-state index in [1.54, 1.807) is 18.5 Å². The van der Waals surface area contributed by atoms with Crippen LogP contribution in [0.15, 0.2) is 54.4 Å². The van der Waals surface area contributed by atoms with Crippen LogP contribution < -0.4 is 5.73 Å². The molecule has 0 spiro atoms. The van der Waals surface area contributed by atoms with Gasteiger partial charge in [-0.1, -0.05) is 36.4 Å². The summed E-state index contributed by atoms with van der Waals surface area (Å²) in [5, 5.41) is 8.88. The second-order valence-corrected chi connectivity index (χ2v) is 4.93. The number of nitrogens with two attached hydrogens (primary N) is 1. The summed E-state index contributed by atoms with van der Waals surface area (Å²) in [5.74, 6) is -0.733. The fourth-order valence-corrected chi connectivity index (χ4v) is 2.26. The van der Waals surface area contributed by atoms with Gasteiger partial charge in [0.1, 0.15) is 17.2 Å². The molecule has 0 saturated heterocycles. The molecule has 0 bridgehead atoms. The zero-order chi connectivity index (χ0) is 16.2. The number of carbonyl (C=O) groups is 1. The largest absolute Gasteiger partial charge is 0.365 e. The molecule has 0 radical (unpaired) electrons. The van der Waals surface area contributed by atoms with Crippen LogP contribution in [0.25, 0.3) is 22.4 Å². The number of primary amides is 1. The van der Waals surface area contributed by atoms with Crippen LogP contribution in [0.3, 0.4) is 0 Å². The van der Waals surface area contributed by atoms with E-state index in [0.717, 1.165) is 16.8 Å². The SMILES string of the molecule is N#CC(=CCc1c[nH]c2ncc(-c3ccccc3)nc12)C(N)=O. The van der Waals surface area contributed by atoms with E-state index in [-0.39, 0.29) is 5.57 Å². The quantitative estimate of drug-likeness (QED) is 0.568. The molecule has 0 aliphatic heterocycles. The summed E-state index contributed by atoms with van der Waals surface area (Å²) in [6, 6.07) is 11.5. The van der Waals surface area contributed by atoms with E-state index in [1.165, 1.54) is 6.08 Å². The third kappa shape index (κ3) is 2.94. The molecule has 0 saturated carbocycles. The lowest BCUT2D eigenvalue weighted by Gasteiger charge is -2.01. The maximum atomic E-state index is 11.1. The number of hydrogen-bond donors (Lipinski definition) is 2. The van der Waals surface area contributed by atoms with E-state index in [1.807, 2.05) is 30.3 Å². The topological polar surface area (TPSA) is 108 Å². The van der Waals surface area contributed by atoms with E-state index < -0.39 is 5.91 Å². The Bertz CT molecular complexity index is 935. The molecule has 1 amide bonds. The minimum Gasteiger partial charge on any atom is -0.365 e. The van der Waals surface area contributed by atoms with Gasteiger partial charge in [0, 0.05) is 17.3 Å². The summed E-state index contributed by atoms with van der Waals surface area (Å²) in [4.78, 5) is 23.1. The zero-order valence-corrected chi connectivity index (χ0v) is 12.2. The van der Waals surface area contributed by atoms with Crippen LogP contribution in [0.4, 0.5) is 0 Å². The molecular formula is C17H13N5O. The lowest BCUT2D eigenvalue weighted by molar-refractivity contribution is -0.114. The van der Waals surface area contributed by atoms with Crippen LogP contribution in [0.5, 0.6) is 0 Å². The molecule has 0 atom stereocenters. The number of aromatic amines is 1. The molecule has 3 aromatic rings. The minimum absolute atomic E-state index is 0.0634. The Balaban J connectivity index is 2.00. The van der Waals surface area contributed by atoms with E-state index in [2.05, 4.69) is 15.0 Å². The van der Waals surface area contributed by atoms with Crippen LogP contribution >= 0.6 is 0 Å². The van der Waals surface area contributed by atoms with Crippen molar-refractivity contribution in [2.75, 3.05) is 0 Å². The maximum Gasteiger partial charge on any atom is 0.259 e. The van der Waals surface area contributed by atoms with Crippen molar-refractivity contribution in [2.24, 2.45) is 5.73 Å². The molecule has 3 N–H and O–H groups in total. The second kappa shape index (κ2) is 6.12. The number of nitrogens with one attached hydrogen (secondary N) is 1. The average Bonchev–Trinajstić information content (AvgIpc) is 2.98. The number of rotatable bonds is 4. The first kappa shape index (κ1) is 14.5. The van der Waals surface area contributed by atoms with E-state index in [4.69, 9.17) is 11.0 Å². The zero-order valence-electron chi connectivity index (χ0n) is 12.2. The van der Waals surface area contributed by atoms with E-state index >= 15 is 0 Å². The van der Waals surface area contributed by atoms with E-state index in [9.17, 15) is 4.79 Å². The van der Waals surface area contributed by atoms with Gasteiger partial charge in [0.25, 0.3) is 5.91 Å². The highest BCUT2D eigenvalue weighted by Gasteiger charge is 2.09. The summed E-state index contributed by atoms with van der Waals surface area (Å²) in [7, 11) is 0. The van der Waals surface area contributed by atoms with Gasteiger partial charge >= 0.3 is 0 Å². The van der Waals surface area contributed by atoms with Crippen molar-refractivity contribution in [3.05, 3.63) is 59.9 Å². The third-order valence-corrected chi connectivity index (χ3v) is 3.44. The van der Waals surface area contributed by atoms with Crippen molar-refractivity contribution in [2.45, 2.75) is 6.42 Å². The molecule has 1 aromatic carbocycles. The fraction of sp³-hybridized carbons (Fsp3) is 0.0588. The van der Waals surface area contributed by atoms with Crippen LogP contribution in [0, 0.1) is 11.3 Å². The number of carbonyl (C=O) groups excluding carboxylic acids is 1. The highest BCUT2D eigenvalue weighted by molar-refractivity contribution is 5.96. The fourth-order valence-electron chi connectivity index (χ4n) is 2.26. The molecule has 0 unspecified atom stereocenters. The van der Waals surface area contributed by atoms with Gasteiger partial charge in [-0.3, -0.25) is 4.79 Å². The van der Waals surface area contributed by atoms with Crippen LogP contribution in [0.1, 0.15) is 5.56 Å². The summed E-state index contributed by atoms with van der Waals surface area (Å²) >= 11 is 0. The van der Waals surface area contributed by atoms with Crippen molar-refractivity contribution < 1.29 is 4.79 Å². The molecule has 2 aromatic heterocycles. The Morgan fingerprint density at radius 2 is 2.13 bits per heavy atom. The highest BCUT2D eigenvalue weighted by Crippen LogP contribution is 2.21. The molecule has 112 valence electrons. The predicted octanol–water partition coefficient (Wildman–Crippen LogP) is 2.10. The molecular weight excluding hydrogens is 290 g/mol. The van der Waals surface area contributed by atoms with Crippen LogP contribution in [0.2, 0.25) is 0 Å². The first-order valence-electron chi connectivity index (χ1n) is 6.97. The van der Waals surface area contributed by atoms with Gasteiger partial charge in [-0.2, -0.15) is 5.26 Å². The minimum atomic E-state index is -0.733. The monoisotopic (exact) mass is 303 g/mol. The summed E-state index contributed by atoms with van der Waals surface area (Å²) in [6.45, 7) is 0. The number of amides is 1. The van der Waals surface area contributed by atoms with E-state index in [0.29, 0.717) is 17.6 Å². The lowest BCUT2D eigenvalue weighted by atomic mass is 10.1. The van der Waals surface area contributed by atoms with Crippen molar-refractivity contribution >= 4 is 17.1 Å². The number of benzene rings is 1. The van der Waals surface area contributed by atoms with Gasteiger partial charge in [0.2, 0.25) is 0 Å². The van der Waals surface area contributed by atoms with Crippen molar-refractivity contribution in [3.8, 4) is 17.3 Å². The molecule has 2 heterocycles.